The van der Waals surface area contributed by atoms with Crippen LogP contribution in [0.25, 0.3) is 0 Å². The predicted octanol–water partition coefficient (Wildman–Crippen LogP) is 1.94. The molecule has 2 unspecified atom stereocenters. The molecular weight excluding hydrogens is 395 g/mol. The molecule has 0 saturated carbocycles. The number of rotatable bonds is 6. The Morgan fingerprint density at radius 2 is 2.27 bits per heavy atom. The number of nitrogens with one attached hydrogen (secondary N) is 1. The van der Waals surface area contributed by atoms with Gasteiger partial charge in [0.1, 0.15) is 5.92 Å². The quantitative estimate of drug-likeness (QED) is 0.491. The summed E-state index contributed by atoms with van der Waals surface area (Å²) in [6.45, 7) is 1.93. The lowest BCUT2D eigenvalue weighted by Gasteiger charge is -2.38. The molecule has 1 amide bonds. The summed E-state index contributed by atoms with van der Waals surface area (Å²) in [5.74, 6) is -1.16. The van der Waals surface area contributed by atoms with E-state index in [4.69, 9.17) is 15.6 Å². The minimum Gasteiger partial charge on any atom is -0.394 e. The van der Waals surface area contributed by atoms with Crippen LogP contribution in [0.3, 0.4) is 0 Å². The van der Waals surface area contributed by atoms with Gasteiger partial charge in [0.2, 0.25) is 5.91 Å². The molecule has 0 fully saturated rings. The first kappa shape index (κ1) is 17.0. The number of aryl methyl sites for hydroxylation is 1. The third-order valence-corrected chi connectivity index (χ3v) is 4.15. The van der Waals surface area contributed by atoms with Crippen molar-refractivity contribution < 1.29 is 14.6 Å². The number of hydrogen-bond donors (Lipinski definition) is 3. The molecular formula is C16H19IN2O3. The van der Waals surface area contributed by atoms with Crippen LogP contribution in [0.4, 0.5) is 5.69 Å². The first-order chi connectivity index (χ1) is 10.5. The zero-order valence-electron chi connectivity index (χ0n) is 12.3. The molecule has 0 saturated heterocycles. The summed E-state index contributed by atoms with van der Waals surface area (Å²) >= 11 is 2.24. The molecule has 6 heteroatoms. The standard InChI is InChI=1S/C16H19IN2O3/c1-11-10-12(17)5-6-14(11)19-16(22-9-8-20)7-3-2-4-13(16)15(18)21/h2-7,10,13,19-20H,8-9H2,1H3,(H2,18,21). The van der Waals surface area contributed by atoms with Gasteiger partial charge in [-0.2, -0.15) is 0 Å². The normalized spacial score (nSPS) is 23.5. The average Bonchev–Trinajstić information content (AvgIpc) is 2.48. The molecule has 1 aliphatic carbocycles. The van der Waals surface area contributed by atoms with E-state index in [1.54, 1.807) is 24.3 Å². The fourth-order valence-corrected chi connectivity index (χ4v) is 3.06. The fourth-order valence-electron chi connectivity index (χ4n) is 2.41. The SMILES string of the molecule is Cc1cc(I)ccc1NC1(OCCO)C=CC=CC1C(N)=O. The monoisotopic (exact) mass is 414 g/mol. The second-order valence-corrected chi connectivity index (χ2v) is 6.32. The molecule has 5 nitrogen and oxygen atoms in total. The molecule has 0 spiro atoms. The summed E-state index contributed by atoms with van der Waals surface area (Å²) in [7, 11) is 0. The van der Waals surface area contributed by atoms with Gasteiger partial charge in [-0.05, 0) is 59.4 Å². The number of hydrogen-bond acceptors (Lipinski definition) is 4. The zero-order chi connectivity index (χ0) is 16.2. The lowest BCUT2D eigenvalue weighted by molar-refractivity contribution is -0.128. The van der Waals surface area contributed by atoms with Crippen molar-refractivity contribution >= 4 is 34.2 Å². The number of allylic oxidation sites excluding steroid dienone is 2. The van der Waals surface area contributed by atoms with Crippen LogP contribution in [-0.4, -0.2) is 30.0 Å². The molecule has 2 atom stereocenters. The average molecular weight is 414 g/mol. The first-order valence-corrected chi connectivity index (χ1v) is 8.01. The van der Waals surface area contributed by atoms with Crippen molar-refractivity contribution in [3.05, 3.63) is 51.6 Å². The highest BCUT2D eigenvalue weighted by Gasteiger charge is 2.41. The molecule has 0 radical (unpaired) electrons. The molecule has 118 valence electrons. The third-order valence-electron chi connectivity index (χ3n) is 3.48. The molecule has 0 aromatic heterocycles. The number of anilines is 1. The van der Waals surface area contributed by atoms with E-state index in [0.29, 0.717) is 0 Å². The van der Waals surface area contributed by atoms with Crippen LogP contribution >= 0.6 is 22.6 Å². The van der Waals surface area contributed by atoms with Crippen LogP contribution in [0.15, 0.2) is 42.5 Å². The smallest absolute Gasteiger partial charge is 0.229 e. The molecule has 1 aliphatic rings. The highest BCUT2D eigenvalue weighted by molar-refractivity contribution is 14.1. The van der Waals surface area contributed by atoms with E-state index in [-0.39, 0.29) is 13.2 Å². The van der Waals surface area contributed by atoms with Crippen LogP contribution in [0, 0.1) is 16.4 Å². The van der Waals surface area contributed by atoms with Gasteiger partial charge >= 0.3 is 0 Å². The number of aliphatic hydroxyl groups is 1. The van der Waals surface area contributed by atoms with Gasteiger partial charge in [0.05, 0.1) is 13.2 Å². The summed E-state index contributed by atoms with van der Waals surface area (Å²) in [5, 5.41) is 12.4. The molecule has 1 aromatic rings. The number of carbonyl (C=O) groups is 1. The molecule has 22 heavy (non-hydrogen) atoms. The summed E-state index contributed by atoms with van der Waals surface area (Å²) < 4.78 is 6.90. The summed E-state index contributed by atoms with van der Waals surface area (Å²) in [4.78, 5) is 11.8. The van der Waals surface area contributed by atoms with Crippen molar-refractivity contribution in [2.45, 2.75) is 12.6 Å². The number of aliphatic hydroxyl groups excluding tert-OH is 1. The molecule has 0 heterocycles. The van der Waals surface area contributed by atoms with Gasteiger partial charge in [-0.3, -0.25) is 4.79 Å². The number of benzene rings is 1. The topological polar surface area (TPSA) is 84.6 Å². The van der Waals surface area contributed by atoms with Gasteiger partial charge in [0, 0.05) is 9.26 Å². The van der Waals surface area contributed by atoms with Crippen molar-refractivity contribution in [3.63, 3.8) is 0 Å². The summed E-state index contributed by atoms with van der Waals surface area (Å²) in [6.07, 6.45) is 7.02. The molecule has 1 aromatic carbocycles. The highest BCUT2D eigenvalue weighted by Crippen LogP contribution is 2.32. The molecule has 0 bridgehead atoms. The Labute approximate surface area is 143 Å². The zero-order valence-corrected chi connectivity index (χ0v) is 14.4. The Balaban J connectivity index is 2.38. The van der Waals surface area contributed by atoms with Crippen molar-refractivity contribution in [2.24, 2.45) is 11.7 Å². The minimum absolute atomic E-state index is 0.0956. The molecule has 2 rings (SSSR count). The van der Waals surface area contributed by atoms with Crippen molar-refractivity contribution in [1.82, 2.24) is 0 Å². The van der Waals surface area contributed by atoms with Crippen LogP contribution in [0.1, 0.15) is 5.56 Å². The lowest BCUT2D eigenvalue weighted by atomic mass is 9.89. The van der Waals surface area contributed by atoms with E-state index in [0.717, 1.165) is 14.8 Å². The second kappa shape index (κ2) is 7.26. The number of amides is 1. The summed E-state index contributed by atoms with van der Waals surface area (Å²) in [5.41, 5.74) is 6.31. The van der Waals surface area contributed by atoms with E-state index >= 15 is 0 Å². The van der Waals surface area contributed by atoms with Gasteiger partial charge in [0.15, 0.2) is 5.72 Å². The lowest BCUT2D eigenvalue weighted by Crippen LogP contribution is -2.52. The number of primary amides is 1. The van der Waals surface area contributed by atoms with E-state index in [1.807, 2.05) is 25.1 Å². The van der Waals surface area contributed by atoms with Crippen LogP contribution in [-0.2, 0) is 9.53 Å². The van der Waals surface area contributed by atoms with E-state index < -0.39 is 17.6 Å². The van der Waals surface area contributed by atoms with Gasteiger partial charge in [-0.15, -0.1) is 0 Å². The van der Waals surface area contributed by atoms with Gasteiger partial charge in [-0.1, -0.05) is 18.2 Å². The number of nitrogens with two attached hydrogens (primary N) is 1. The second-order valence-electron chi connectivity index (χ2n) is 5.07. The maximum absolute atomic E-state index is 11.8. The minimum atomic E-state index is -1.10. The summed E-state index contributed by atoms with van der Waals surface area (Å²) in [6, 6.07) is 5.94. The van der Waals surface area contributed by atoms with Gasteiger partial charge in [-0.25, -0.2) is 0 Å². The van der Waals surface area contributed by atoms with Gasteiger partial charge < -0.3 is 20.9 Å². The fraction of sp³-hybridized carbons (Fsp3) is 0.312. The Kier molecular flexibility index (Phi) is 5.60. The number of ether oxygens (including phenoxy) is 1. The van der Waals surface area contributed by atoms with E-state index in [9.17, 15) is 4.79 Å². The number of carbonyl (C=O) groups excluding carboxylic acids is 1. The van der Waals surface area contributed by atoms with Crippen molar-refractivity contribution in [2.75, 3.05) is 18.5 Å². The van der Waals surface area contributed by atoms with Crippen LogP contribution < -0.4 is 11.1 Å². The van der Waals surface area contributed by atoms with E-state index in [1.165, 1.54) is 0 Å². The Morgan fingerprint density at radius 1 is 1.50 bits per heavy atom. The maximum Gasteiger partial charge on any atom is 0.229 e. The molecule has 0 aliphatic heterocycles. The Hall–Kier alpha value is -1.38. The predicted molar refractivity (Wildman–Crippen MR) is 94.3 cm³/mol. The largest absolute Gasteiger partial charge is 0.394 e. The van der Waals surface area contributed by atoms with Crippen LogP contribution in [0.5, 0.6) is 0 Å². The van der Waals surface area contributed by atoms with Crippen molar-refractivity contribution in [1.29, 1.82) is 0 Å². The number of halogens is 1. The maximum atomic E-state index is 11.8. The van der Waals surface area contributed by atoms with Crippen molar-refractivity contribution in [3.8, 4) is 0 Å². The molecule has 4 N–H and O–H groups in total. The van der Waals surface area contributed by atoms with Gasteiger partial charge in [0.25, 0.3) is 0 Å². The Morgan fingerprint density at radius 3 is 2.91 bits per heavy atom. The Bertz CT molecular complexity index is 615. The first-order valence-electron chi connectivity index (χ1n) is 6.93. The highest BCUT2D eigenvalue weighted by atomic mass is 127. The third kappa shape index (κ3) is 3.68. The van der Waals surface area contributed by atoms with Crippen LogP contribution in [0.2, 0.25) is 0 Å². The van der Waals surface area contributed by atoms with E-state index in [2.05, 4.69) is 27.9 Å².